The molecule has 0 spiro atoms. The first-order chi connectivity index (χ1) is 8.81. The lowest BCUT2D eigenvalue weighted by molar-refractivity contribution is 0.150. The number of hydrogen-bond acceptors (Lipinski definition) is 4. The molecule has 0 bridgehead atoms. The number of nitrogens with zero attached hydrogens (tertiary/aromatic N) is 2. The molecule has 1 heterocycles. The predicted molar refractivity (Wildman–Crippen MR) is 91.1 cm³/mol. The molecule has 108 valence electrons. The van der Waals surface area contributed by atoms with Gasteiger partial charge in [-0.3, -0.25) is 0 Å². The molecule has 1 aromatic rings. The Bertz CT molecular complexity index is 412. The Labute approximate surface area is 130 Å². The summed E-state index contributed by atoms with van der Waals surface area (Å²) in [6.07, 6.45) is 2.03. The van der Waals surface area contributed by atoms with E-state index in [9.17, 15) is 0 Å². The Kier molecular flexibility index (Phi) is 6.86. The molecule has 0 saturated heterocycles. The highest BCUT2D eigenvalue weighted by molar-refractivity contribution is 9.10. The van der Waals surface area contributed by atoms with Crippen LogP contribution in [0.4, 0.5) is 5.69 Å². The van der Waals surface area contributed by atoms with Gasteiger partial charge in [0.05, 0.1) is 5.03 Å². The van der Waals surface area contributed by atoms with Gasteiger partial charge in [-0.05, 0) is 40.4 Å². The van der Waals surface area contributed by atoms with Crippen molar-refractivity contribution in [3.8, 4) is 0 Å². The summed E-state index contributed by atoms with van der Waals surface area (Å²) in [5.41, 5.74) is 1.12. The van der Waals surface area contributed by atoms with Crippen molar-refractivity contribution in [2.75, 3.05) is 31.5 Å². The Hall–Kier alpha value is -0.0431. The van der Waals surface area contributed by atoms with Crippen molar-refractivity contribution in [3.63, 3.8) is 0 Å². The molecule has 0 aliphatic heterocycles. The molecule has 0 aliphatic rings. The van der Waals surface area contributed by atoms with Crippen LogP contribution in [0, 0.1) is 0 Å². The van der Waals surface area contributed by atoms with Crippen LogP contribution in [0.25, 0.3) is 0 Å². The minimum Gasteiger partial charge on any atom is -0.361 e. The Morgan fingerprint density at radius 1 is 1.37 bits per heavy atom. The number of anilines is 1. The van der Waals surface area contributed by atoms with Gasteiger partial charge in [0.2, 0.25) is 0 Å². The van der Waals surface area contributed by atoms with Gasteiger partial charge >= 0.3 is 0 Å². The van der Waals surface area contributed by atoms with Crippen LogP contribution in [0.5, 0.6) is 0 Å². The van der Waals surface area contributed by atoms with Crippen LogP contribution in [-0.2, 0) is 4.74 Å². The van der Waals surface area contributed by atoms with E-state index in [0.29, 0.717) is 6.73 Å². The van der Waals surface area contributed by atoms with Crippen LogP contribution in [0.3, 0.4) is 0 Å². The van der Waals surface area contributed by atoms with Crippen LogP contribution >= 0.6 is 27.7 Å². The average Bonchev–Trinajstić information content (AvgIpc) is 2.32. The lowest BCUT2D eigenvalue weighted by atomic mass is 10.4. The summed E-state index contributed by atoms with van der Waals surface area (Å²) in [6, 6.07) is 5.30. The number of halogens is 1. The fourth-order valence-corrected chi connectivity index (χ4v) is 3.17. The first kappa shape index (κ1) is 17.0. The quantitative estimate of drug-likeness (QED) is 0.237. The highest BCUT2D eigenvalue weighted by Gasteiger charge is 2.12. The maximum Gasteiger partial charge on any atom is 0.118 e. The number of pyridine rings is 1. The minimum absolute atomic E-state index is 0.620. The van der Waals surface area contributed by atoms with E-state index in [1.54, 1.807) is 11.8 Å². The Morgan fingerprint density at radius 3 is 2.63 bits per heavy atom. The lowest BCUT2D eigenvalue weighted by Gasteiger charge is -2.21. The number of thioether (sulfide) groups is 1. The Balaban J connectivity index is 2.49. The SMILES string of the molecule is CSc1cc(N(C)COCC[Si](C)(C)C)cc(Br)n1. The normalized spacial score (nSPS) is 11.7. The zero-order valence-corrected chi connectivity index (χ0v) is 15.8. The third-order valence-corrected chi connectivity index (χ3v) is 5.42. The molecule has 0 aliphatic carbocycles. The van der Waals surface area contributed by atoms with E-state index < -0.39 is 8.07 Å². The largest absolute Gasteiger partial charge is 0.361 e. The molecule has 6 heteroatoms. The van der Waals surface area contributed by atoms with Crippen molar-refractivity contribution in [1.82, 2.24) is 4.98 Å². The molecule has 0 saturated carbocycles. The molecule has 0 amide bonds. The van der Waals surface area contributed by atoms with Crippen molar-refractivity contribution >= 4 is 41.5 Å². The highest BCUT2D eigenvalue weighted by Crippen LogP contribution is 2.23. The third-order valence-electron chi connectivity index (χ3n) is 2.69. The van der Waals surface area contributed by atoms with Gasteiger partial charge in [-0.25, -0.2) is 4.98 Å². The maximum absolute atomic E-state index is 5.76. The summed E-state index contributed by atoms with van der Waals surface area (Å²) in [5.74, 6) is 0. The first-order valence-corrected chi connectivity index (χ1v) is 12.0. The van der Waals surface area contributed by atoms with Crippen molar-refractivity contribution < 1.29 is 4.74 Å². The van der Waals surface area contributed by atoms with Gasteiger partial charge < -0.3 is 9.64 Å². The zero-order chi connectivity index (χ0) is 14.5. The van der Waals surface area contributed by atoms with Crippen molar-refractivity contribution in [3.05, 3.63) is 16.7 Å². The summed E-state index contributed by atoms with van der Waals surface area (Å²) in [6.45, 7) is 8.57. The molecule has 0 atom stereocenters. The van der Waals surface area contributed by atoms with E-state index in [2.05, 4.69) is 51.5 Å². The topological polar surface area (TPSA) is 25.4 Å². The van der Waals surface area contributed by atoms with E-state index in [1.807, 2.05) is 19.4 Å². The van der Waals surface area contributed by atoms with Crippen LogP contribution in [0.1, 0.15) is 0 Å². The molecule has 0 N–H and O–H groups in total. The van der Waals surface area contributed by atoms with E-state index >= 15 is 0 Å². The van der Waals surface area contributed by atoms with Crippen molar-refractivity contribution in [1.29, 1.82) is 0 Å². The van der Waals surface area contributed by atoms with Crippen LogP contribution in [0.2, 0.25) is 25.7 Å². The highest BCUT2D eigenvalue weighted by atomic mass is 79.9. The average molecular weight is 363 g/mol. The standard InChI is InChI=1S/C13H23BrN2OSSi/c1-16(10-17-6-7-19(3,4)5)11-8-12(14)15-13(9-11)18-2/h8-9H,6-7,10H2,1-5H3. The summed E-state index contributed by atoms with van der Waals surface area (Å²) in [7, 11) is 1.05. The number of aromatic nitrogens is 1. The summed E-state index contributed by atoms with van der Waals surface area (Å²) < 4.78 is 6.62. The fraction of sp³-hybridized carbons (Fsp3) is 0.615. The van der Waals surface area contributed by atoms with Gasteiger partial charge in [0, 0.05) is 27.4 Å². The van der Waals surface area contributed by atoms with E-state index in [1.165, 1.54) is 6.04 Å². The summed E-state index contributed by atoms with van der Waals surface area (Å²) in [4.78, 5) is 6.49. The Morgan fingerprint density at radius 2 is 2.05 bits per heavy atom. The molecular formula is C13H23BrN2OSSi. The number of ether oxygens (including phenoxy) is 1. The zero-order valence-electron chi connectivity index (χ0n) is 12.4. The van der Waals surface area contributed by atoms with Crippen molar-refractivity contribution in [2.24, 2.45) is 0 Å². The number of hydrogen-bond donors (Lipinski definition) is 0. The van der Waals surface area contributed by atoms with Crippen LogP contribution in [0.15, 0.2) is 21.8 Å². The molecule has 0 aromatic carbocycles. The maximum atomic E-state index is 5.76. The minimum atomic E-state index is -0.997. The first-order valence-electron chi connectivity index (χ1n) is 6.32. The second-order valence-corrected chi connectivity index (χ2v) is 13.0. The number of rotatable bonds is 7. The monoisotopic (exact) mass is 362 g/mol. The predicted octanol–water partition coefficient (Wildman–Crippen LogP) is 4.31. The van der Waals surface area contributed by atoms with E-state index in [-0.39, 0.29) is 0 Å². The molecule has 0 unspecified atom stereocenters. The molecular weight excluding hydrogens is 340 g/mol. The fourth-order valence-electron chi connectivity index (χ4n) is 1.44. The van der Waals surface area contributed by atoms with E-state index in [0.717, 1.165) is 21.9 Å². The molecule has 0 fully saturated rings. The molecule has 3 nitrogen and oxygen atoms in total. The molecule has 0 radical (unpaired) electrons. The molecule has 1 aromatic heterocycles. The van der Waals surface area contributed by atoms with Gasteiger partial charge in [0.1, 0.15) is 11.3 Å². The van der Waals surface area contributed by atoms with Crippen LogP contribution in [-0.4, -0.2) is 39.7 Å². The van der Waals surface area contributed by atoms with E-state index in [4.69, 9.17) is 4.74 Å². The van der Waals surface area contributed by atoms with Gasteiger partial charge in [-0.15, -0.1) is 11.8 Å². The summed E-state index contributed by atoms with van der Waals surface area (Å²) >= 11 is 5.09. The lowest BCUT2D eigenvalue weighted by Crippen LogP contribution is -2.25. The van der Waals surface area contributed by atoms with Gasteiger partial charge in [-0.1, -0.05) is 19.6 Å². The third kappa shape index (κ3) is 6.79. The second-order valence-electron chi connectivity index (χ2n) is 5.74. The second kappa shape index (κ2) is 7.66. The smallest absolute Gasteiger partial charge is 0.118 e. The van der Waals surface area contributed by atoms with Crippen molar-refractivity contribution in [2.45, 2.75) is 30.7 Å². The molecule has 1 rings (SSSR count). The summed E-state index contributed by atoms with van der Waals surface area (Å²) in [5, 5.41) is 1.01. The van der Waals surface area contributed by atoms with Gasteiger partial charge in [0.15, 0.2) is 0 Å². The van der Waals surface area contributed by atoms with Gasteiger partial charge in [-0.2, -0.15) is 0 Å². The van der Waals surface area contributed by atoms with Gasteiger partial charge in [0.25, 0.3) is 0 Å². The molecule has 19 heavy (non-hydrogen) atoms. The van der Waals surface area contributed by atoms with Crippen LogP contribution < -0.4 is 4.90 Å².